The fraction of sp³-hybridized carbons (Fsp3) is 0.944. The Labute approximate surface area is 141 Å². The molecule has 0 aromatic carbocycles. The third-order valence-electron chi connectivity index (χ3n) is 5.62. The van der Waals surface area contributed by atoms with Crippen LogP contribution in [0, 0.1) is 11.8 Å². The molecular formula is C18H35N3O2. The number of amides is 1. The Morgan fingerprint density at radius 2 is 1.83 bits per heavy atom. The van der Waals surface area contributed by atoms with Crippen LogP contribution in [0.3, 0.4) is 0 Å². The van der Waals surface area contributed by atoms with Crippen LogP contribution in [-0.4, -0.2) is 61.8 Å². The van der Waals surface area contributed by atoms with Crippen LogP contribution in [0.4, 0.5) is 0 Å². The van der Waals surface area contributed by atoms with Crippen LogP contribution >= 0.6 is 0 Å². The molecule has 23 heavy (non-hydrogen) atoms. The van der Waals surface area contributed by atoms with Crippen molar-refractivity contribution in [3.8, 4) is 0 Å². The summed E-state index contributed by atoms with van der Waals surface area (Å²) in [7, 11) is 1.66. The maximum atomic E-state index is 12.7. The Hall–Kier alpha value is -0.650. The second kappa shape index (κ2) is 7.49. The van der Waals surface area contributed by atoms with Gasteiger partial charge >= 0.3 is 0 Å². The van der Waals surface area contributed by atoms with Gasteiger partial charge in [-0.3, -0.25) is 9.69 Å². The van der Waals surface area contributed by atoms with Gasteiger partial charge in [-0.2, -0.15) is 0 Å². The average Bonchev–Trinajstić information content (AvgIpc) is 2.52. The summed E-state index contributed by atoms with van der Waals surface area (Å²) >= 11 is 0. The number of methoxy groups -OCH3 is 1. The molecule has 0 bridgehead atoms. The number of carbonyl (C=O) groups excluding carboxylic acids is 1. The predicted octanol–water partition coefficient (Wildman–Crippen LogP) is 1.63. The molecule has 2 atom stereocenters. The van der Waals surface area contributed by atoms with E-state index in [2.05, 4.69) is 43.2 Å². The summed E-state index contributed by atoms with van der Waals surface area (Å²) in [5, 5.41) is 6.47. The van der Waals surface area contributed by atoms with Gasteiger partial charge in [0.25, 0.3) is 5.91 Å². The van der Waals surface area contributed by atoms with E-state index in [0.717, 1.165) is 50.9 Å². The number of likely N-dealkylation sites (tertiary alicyclic amines) is 1. The minimum Gasteiger partial charge on any atom is -0.368 e. The topological polar surface area (TPSA) is 53.6 Å². The van der Waals surface area contributed by atoms with Crippen molar-refractivity contribution in [3.05, 3.63) is 0 Å². The van der Waals surface area contributed by atoms with Crippen molar-refractivity contribution in [2.45, 2.75) is 58.1 Å². The molecule has 0 radical (unpaired) electrons. The molecule has 2 unspecified atom stereocenters. The summed E-state index contributed by atoms with van der Waals surface area (Å²) in [4.78, 5) is 15.3. The summed E-state index contributed by atoms with van der Waals surface area (Å²) < 4.78 is 5.62. The van der Waals surface area contributed by atoms with E-state index in [1.807, 2.05) is 0 Å². The first-order valence-corrected chi connectivity index (χ1v) is 9.08. The fourth-order valence-electron chi connectivity index (χ4n) is 4.08. The van der Waals surface area contributed by atoms with Crippen molar-refractivity contribution in [1.82, 2.24) is 15.5 Å². The van der Waals surface area contributed by atoms with E-state index in [1.54, 1.807) is 7.11 Å². The van der Waals surface area contributed by atoms with Crippen LogP contribution in [0.25, 0.3) is 0 Å². The number of carbonyl (C=O) groups is 1. The molecule has 134 valence electrons. The molecule has 0 aliphatic carbocycles. The number of ether oxygens (including phenoxy) is 1. The first-order chi connectivity index (χ1) is 10.8. The van der Waals surface area contributed by atoms with Crippen molar-refractivity contribution >= 4 is 5.91 Å². The van der Waals surface area contributed by atoms with Gasteiger partial charge in [0.2, 0.25) is 0 Å². The van der Waals surface area contributed by atoms with Gasteiger partial charge in [0.05, 0.1) is 0 Å². The van der Waals surface area contributed by atoms with Gasteiger partial charge in [-0.25, -0.2) is 0 Å². The molecule has 0 aromatic rings. The average molecular weight is 325 g/mol. The molecule has 0 saturated carbocycles. The van der Waals surface area contributed by atoms with Crippen LogP contribution in [0.2, 0.25) is 0 Å². The van der Waals surface area contributed by atoms with Crippen LogP contribution in [0.15, 0.2) is 0 Å². The van der Waals surface area contributed by atoms with Gasteiger partial charge in [-0.05, 0) is 58.0 Å². The van der Waals surface area contributed by atoms with E-state index in [-0.39, 0.29) is 11.4 Å². The van der Waals surface area contributed by atoms with Crippen molar-refractivity contribution in [3.63, 3.8) is 0 Å². The second-order valence-electron chi connectivity index (χ2n) is 8.29. The maximum absolute atomic E-state index is 12.7. The Kier molecular flexibility index (Phi) is 6.09. The summed E-state index contributed by atoms with van der Waals surface area (Å²) in [6.07, 6.45) is 2.79. The molecule has 5 nitrogen and oxygen atoms in total. The van der Waals surface area contributed by atoms with Gasteiger partial charge in [-0.15, -0.1) is 0 Å². The van der Waals surface area contributed by atoms with E-state index < -0.39 is 5.60 Å². The quantitative estimate of drug-likeness (QED) is 0.807. The SMILES string of the molecule is COC1(C(=O)NCC(C)(C)N2CC(C)CC(C)C2)CCNCC1. The van der Waals surface area contributed by atoms with Crippen LogP contribution in [0.5, 0.6) is 0 Å². The zero-order valence-corrected chi connectivity index (χ0v) is 15.6. The lowest BCUT2D eigenvalue weighted by atomic mass is 9.87. The lowest BCUT2D eigenvalue weighted by Crippen LogP contribution is -2.60. The largest absolute Gasteiger partial charge is 0.368 e. The van der Waals surface area contributed by atoms with E-state index >= 15 is 0 Å². The Morgan fingerprint density at radius 1 is 1.26 bits per heavy atom. The zero-order chi connectivity index (χ0) is 17.1. The molecule has 5 heteroatoms. The number of nitrogens with zero attached hydrogens (tertiary/aromatic N) is 1. The summed E-state index contributed by atoms with van der Waals surface area (Å²) in [6.45, 7) is 13.7. The highest BCUT2D eigenvalue weighted by atomic mass is 16.5. The molecule has 2 rings (SSSR count). The van der Waals surface area contributed by atoms with Gasteiger partial charge in [0, 0.05) is 32.3 Å². The van der Waals surface area contributed by atoms with E-state index in [9.17, 15) is 4.79 Å². The van der Waals surface area contributed by atoms with Crippen LogP contribution in [-0.2, 0) is 9.53 Å². The Balaban J connectivity index is 1.93. The zero-order valence-electron chi connectivity index (χ0n) is 15.6. The number of hydrogen-bond acceptors (Lipinski definition) is 4. The highest BCUT2D eigenvalue weighted by Crippen LogP contribution is 2.27. The first kappa shape index (κ1) is 18.7. The summed E-state index contributed by atoms with van der Waals surface area (Å²) in [6, 6.07) is 0. The monoisotopic (exact) mass is 325 g/mol. The van der Waals surface area contributed by atoms with Gasteiger partial charge in [-0.1, -0.05) is 13.8 Å². The van der Waals surface area contributed by atoms with Crippen molar-refractivity contribution < 1.29 is 9.53 Å². The third kappa shape index (κ3) is 4.46. The smallest absolute Gasteiger partial charge is 0.252 e. The fourth-order valence-corrected chi connectivity index (χ4v) is 4.08. The summed E-state index contributed by atoms with van der Waals surface area (Å²) in [5.74, 6) is 1.50. The van der Waals surface area contributed by atoms with Crippen molar-refractivity contribution in [1.29, 1.82) is 0 Å². The van der Waals surface area contributed by atoms with Gasteiger partial charge in [0.15, 0.2) is 0 Å². The van der Waals surface area contributed by atoms with Gasteiger partial charge < -0.3 is 15.4 Å². The third-order valence-corrected chi connectivity index (χ3v) is 5.62. The molecule has 2 N–H and O–H groups in total. The predicted molar refractivity (Wildman–Crippen MR) is 93.5 cm³/mol. The van der Waals surface area contributed by atoms with Crippen LogP contribution < -0.4 is 10.6 Å². The first-order valence-electron chi connectivity index (χ1n) is 9.08. The van der Waals surface area contributed by atoms with E-state index in [1.165, 1.54) is 6.42 Å². The number of piperidine rings is 2. The van der Waals surface area contributed by atoms with Crippen LogP contribution in [0.1, 0.15) is 47.0 Å². The lowest BCUT2D eigenvalue weighted by molar-refractivity contribution is -0.147. The number of hydrogen-bond donors (Lipinski definition) is 2. The minimum absolute atomic E-state index is 0.0273. The molecule has 2 fully saturated rings. The van der Waals surface area contributed by atoms with Crippen molar-refractivity contribution in [2.75, 3.05) is 39.8 Å². The number of nitrogens with one attached hydrogen (secondary N) is 2. The molecule has 2 aliphatic rings. The molecule has 0 spiro atoms. The molecule has 2 heterocycles. The minimum atomic E-state index is -0.649. The van der Waals surface area contributed by atoms with Crippen molar-refractivity contribution in [2.24, 2.45) is 11.8 Å². The molecule has 1 amide bonds. The van der Waals surface area contributed by atoms with Gasteiger partial charge in [0.1, 0.15) is 5.60 Å². The standard InChI is InChI=1S/C18H35N3O2/c1-14-10-15(2)12-21(11-14)17(3,4)13-20-16(22)18(23-5)6-8-19-9-7-18/h14-15,19H,6-13H2,1-5H3,(H,20,22). The maximum Gasteiger partial charge on any atom is 0.252 e. The molecular weight excluding hydrogens is 290 g/mol. The lowest BCUT2D eigenvalue weighted by Gasteiger charge is -2.45. The Bertz CT molecular complexity index is 395. The molecule has 2 aliphatic heterocycles. The summed E-state index contributed by atoms with van der Waals surface area (Å²) in [5.41, 5.74) is -0.676. The second-order valence-corrected chi connectivity index (χ2v) is 8.29. The highest BCUT2D eigenvalue weighted by molar-refractivity contribution is 5.85. The molecule has 0 aromatic heterocycles. The number of rotatable bonds is 5. The normalized spacial score (nSPS) is 29.3. The van der Waals surface area contributed by atoms with E-state index in [4.69, 9.17) is 4.74 Å². The molecule has 2 saturated heterocycles. The Morgan fingerprint density at radius 3 is 2.35 bits per heavy atom. The van der Waals surface area contributed by atoms with E-state index in [0.29, 0.717) is 6.54 Å². The highest BCUT2D eigenvalue weighted by Gasteiger charge is 2.41.